The summed E-state index contributed by atoms with van der Waals surface area (Å²) in [6.07, 6.45) is -0.333. The van der Waals surface area contributed by atoms with Crippen molar-refractivity contribution in [3.63, 3.8) is 0 Å². The number of benzene rings is 1. The van der Waals surface area contributed by atoms with E-state index in [0.717, 1.165) is 0 Å². The predicted molar refractivity (Wildman–Crippen MR) is 215 cm³/mol. The lowest BCUT2D eigenvalue weighted by atomic mass is 9.99. The first kappa shape index (κ1) is 49.2. The van der Waals surface area contributed by atoms with Crippen LogP contribution in [-0.4, -0.2) is 124 Å². The molecule has 7 unspecified atom stereocenters. The molecule has 0 saturated carbocycles. The molecule has 1 aromatic carbocycles. The average Bonchev–Trinajstić information content (AvgIpc) is 3.49. The Morgan fingerprint density at radius 2 is 1.41 bits per heavy atom. The fourth-order valence-electron chi connectivity index (χ4n) is 6.36. The van der Waals surface area contributed by atoms with Crippen LogP contribution in [-0.2, 0) is 44.8 Å². The Hall–Kier alpha value is -5.99. The van der Waals surface area contributed by atoms with Gasteiger partial charge in [-0.05, 0) is 62.1 Å². The molecule has 0 aromatic heterocycles. The molecule has 0 aliphatic carbocycles. The van der Waals surface area contributed by atoms with Crippen LogP contribution in [0.5, 0.6) is 5.75 Å². The molecule has 0 bridgehead atoms. The van der Waals surface area contributed by atoms with E-state index in [1.165, 1.54) is 24.0 Å². The molecule has 1 aliphatic rings. The van der Waals surface area contributed by atoms with Gasteiger partial charge in [-0.15, -0.1) is 0 Å². The number of carbonyl (C=O) groups is 8. The lowest BCUT2D eigenvalue weighted by Crippen LogP contribution is -2.59. The summed E-state index contributed by atoms with van der Waals surface area (Å²) < 4.78 is 0. The number of nitrogens with one attached hydrogen (secondary N) is 5. The fourth-order valence-corrected chi connectivity index (χ4v) is 6.36. The van der Waals surface area contributed by atoms with Crippen molar-refractivity contribution in [3.05, 3.63) is 29.8 Å². The van der Waals surface area contributed by atoms with Gasteiger partial charge in [0.2, 0.25) is 41.4 Å². The van der Waals surface area contributed by atoms with Gasteiger partial charge in [0.1, 0.15) is 36.0 Å². The van der Waals surface area contributed by atoms with Gasteiger partial charge < -0.3 is 64.6 Å². The van der Waals surface area contributed by atoms with E-state index in [-0.39, 0.29) is 62.8 Å². The van der Waals surface area contributed by atoms with E-state index in [9.17, 15) is 48.6 Å². The van der Waals surface area contributed by atoms with Gasteiger partial charge in [0.25, 0.3) is 0 Å². The number of guanidine groups is 1. The lowest BCUT2D eigenvalue weighted by Gasteiger charge is -2.32. The third-order valence-corrected chi connectivity index (χ3v) is 9.46. The number of phenols is 1. The third-order valence-electron chi connectivity index (χ3n) is 9.46. The van der Waals surface area contributed by atoms with E-state index >= 15 is 0 Å². The summed E-state index contributed by atoms with van der Waals surface area (Å²) in [5.74, 6) is -6.87. The molecular weight excluding hydrogens is 770 g/mol. The Morgan fingerprint density at radius 3 is 1.97 bits per heavy atom. The molecule has 1 fully saturated rings. The number of hydrogen-bond acceptors (Lipinski definition) is 11. The summed E-state index contributed by atoms with van der Waals surface area (Å²) in [5, 5.41) is 32.2. The molecule has 0 radical (unpaired) electrons. The number of phenolic OH excluding ortho intramolecular Hbond substituents is 1. The standard InChI is InChI=1S/C38H61N11O10/c1-19(2)15-27(35(57)44-21(5)32(40)54)48-34(56)26(12-13-30(52)53)46-37(59)31(20(3)4)49-18-23(17-29(49)51)45-36(58)28(16-22-8-10-24(50)11-9-22)47-33(55)25(39)7-6-14-43-38(41)42/h8-11,19-21,23,25-28,31,50H,6-7,12-18,39H2,1-5H3,(H2,40,54)(H,44,57)(H,45,58)(H,46,59)(H,47,55)(H,48,56)(H,52,53)(H4,41,42,43). The molecule has 328 valence electrons. The van der Waals surface area contributed by atoms with Crippen molar-refractivity contribution >= 4 is 53.3 Å². The lowest BCUT2D eigenvalue weighted by molar-refractivity contribution is -0.141. The van der Waals surface area contributed by atoms with E-state index in [1.807, 2.05) is 0 Å². The van der Waals surface area contributed by atoms with Gasteiger partial charge in [-0.25, -0.2) is 0 Å². The predicted octanol–water partition coefficient (Wildman–Crippen LogP) is -2.59. The highest BCUT2D eigenvalue weighted by Gasteiger charge is 2.41. The molecule has 1 aliphatic heterocycles. The first-order valence-electron chi connectivity index (χ1n) is 19.5. The summed E-state index contributed by atoms with van der Waals surface area (Å²) >= 11 is 0. The van der Waals surface area contributed by atoms with Gasteiger partial charge in [0, 0.05) is 32.4 Å². The van der Waals surface area contributed by atoms with Crippen molar-refractivity contribution in [2.75, 3.05) is 13.1 Å². The quantitative estimate of drug-likeness (QED) is 0.0290. The minimum Gasteiger partial charge on any atom is -0.508 e. The van der Waals surface area contributed by atoms with Gasteiger partial charge in [0.15, 0.2) is 5.96 Å². The number of rotatable bonds is 24. The molecule has 1 aromatic rings. The number of carbonyl (C=O) groups excluding carboxylic acids is 7. The number of amides is 7. The molecule has 1 saturated heterocycles. The Balaban J connectivity index is 2.26. The molecular formula is C38H61N11O10. The minimum atomic E-state index is -1.44. The number of carboxylic acid groups (broad SMARTS) is 1. The van der Waals surface area contributed by atoms with E-state index in [2.05, 4.69) is 31.6 Å². The molecule has 7 atom stereocenters. The highest BCUT2D eigenvalue weighted by atomic mass is 16.4. The van der Waals surface area contributed by atoms with Crippen molar-refractivity contribution in [3.8, 4) is 5.75 Å². The molecule has 21 heteroatoms. The molecule has 21 nitrogen and oxygen atoms in total. The maximum Gasteiger partial charge on any atom is 0.303 e. The number of carboxylic acids is 1. The Bertz CT molecular complexity index is 1680. The topological polar surface area (TPSA) is 357 Å². The van der Waals surface area contributed by atoms with Crippen LogP contribution in [0.1, 0.15) is 78.7 Å². The molecule has 59 heavy (non-hydrogen) atoms. The summed E-state index contributed by atoms with van der Waals surface area (Å²) in [7, 11) is 0. The van der Waals surface area contributed by atoms with E-state index in [0.29, 0.717) is 12.0 Å². The number of hydrogen-bond donors (Lipinski definition) is 11. The number of aliphatic imine (C=N–C) groups is 1. The molecule has 1 heterocycles. The SMILES string of the molecule is CC(C)CC(NC(=O)C(CCC(=O)O)NC(=O)C(C(C)C)N1CC(NC(=O)C(Cc2ccc(O)cc2)NC(=O)C(N)CCCN=C(N)N)CC1=O)C(=O)NC(C)C(N)=O. The maximum atomic E-state index is 13.9. The summed E-state index contributed by atoms with van der Waals surface area (Å²) in [4.78, 5) is 109. The van der Waals surface area contributed by atoms with Crippen LogP contribution in [0, 0.1) is 11.8 Å². The van der Waals surface area contributed by atoms with Gasteiger partial charge in [-0.3, -0.25) is 43.3 Å². The first-order chi connectivity index (χ1) is 27.6. The molecule has 7 amide bonds. The van der Waals surface area contributed by atoms with Gasteiger partial charge in [0.05, 0.1) is 12.1 Å². The van der Waals surface area contributed by atoms with Gasteiger partial charge >= 0.3 is 5.97 Å². The zero-order valence-corrected chi connectivity index (χ0v) is 34.2. The van der Waals surface area contributed by atoms with Crippen LogP contribution in [0.2, 0.25) is 0 Å². The number of nitrogens with zero attached hydrogens (tertiary/aromatic N) is 2. The van der Waals surface area contributed by atoms with Crippen LogP contribution in [0.25, 0.3) is 0 Å². The third kappa shape index (κ3) is 16.8. The van der Waals surface area contributed by atoms with Crippen molar-refractivity contribution in [1.82, 2.24) is 31.5 Å². The Kier molecular flexibility index (Phi) is 19.5. The number of aliphatic carboxylic acids is 1. The van der Waals surface area contributed by atoms with E-state index < -0.39 is 102 Å². The first-order valence-corrected chi connectivity index (χ1v) is 19.5. The maximum absolute atomic E-state index is 13.9. The second-order valence-electron chi connectivity index (χ2n) is 15.4. The summed E-state index contributed by atoms with van der Waals surface area (Å²) in [6, 6.07) is -1.76. The zero-order chi connectivity index (χ0) is 44.6. The van der Waals surface area contributed by atoms with Crippen LogP contribution in [0.15, 0.2) is 29.3 Å². The van der Waals surface area contributed by atoms with Gasteiger partial charge in [-0.2, -0.15) is 0 Å². The fraction of sp³-hybridized carbons (Fsp3) is 0.605. The monoisotopic (exact) mass is 831 g/mol. The molecule has 15 N–H and O–H groups in total. The van der Waals surface area contributed by atoms with Crippen molar-refractivity contribution in [2.24, 2.45) is 39.8 Å². The summed E-state index contributed by atoms with van der Waals surface area (Å²) in [5.41, 5.74) is 22.6. The normalized spacial score (nSPS) is 16.8. The van der Waals surface area contributed by atoms with Crippen LogP contribution in [0.4, 0.5) is 0 Å². The summed E-state index contributed by atoms with van der Waals surface area (Å²) in [6.45, 7) is 8.43. The smallest absolute Gasteiger partial charge is 0.303 e. The number of aromatic hydroxyl groups is 1. The van der Waals surface area contributed by atoms with E-state index in [1.54, 1.807) is 39.8 Å². The Labute approximate surface area is 343 Å². The Morgan fingerprint density at radius 1 is 0.814 bits per heavy atom. The van der Waals surface area contributed by atoms with Crippen molar-refractivity contribution < 1.29 is 48.6 Å². The highest BCUT2D eigenvalue weighted by Crippen LogP contribution is 2.21. The van der Waals surface area contributed by atoms with Gasteiger partial charge in [-0.1, -0.05) is 39.8 Å². The van der Waals surface area contributed by atoms with Crippen molar-refractivity contribution in [1.29, 1.82) is 0 Å². The molecule has 2 rings (SSSR count). The highest BCUT2D eigenvalue weighted by molar-refractivity contribution is 5.96. The number of likely N-dealkylation sites (tertiary alicyclic amines) is 1. The van der Waals surface area contributed by atoms with Crippen molar-refractivity contribution in [2.45, 2.75) is 122 Å². The largest absolute Gasteiger partial charge is 0.508 e. The van der Waals surface area contributed by atoms with Crippen LogP contribution in [0.3, 0.4) is 0 Å². The average molecular weight is 832 g/mol. The second-order valence-corrected chi connectivity index (χ2v) is 15.4. The number of primary amides is 1. The number of nitrogens with two attached hydrogens (primary N) is 4. The van der Waals surface area contributed by atoms with Crippen LogP contribution >= 0.6 is 0 Å². The van der Waals surface area contributed by atoms with E-state index in [4.69, 9.17) is 22.9 Å². The minimum absolute atomic E-state index is 0.00169. The molecule has 0 spiro atoms. The van der Waals surface area contributed by atoms with Crippen LogP contribution < -0.4 is 49.5 Å². The zero-order valence-electron chi connectivity index (χ0n) is 34.2. The second kappa shape index (κ2) is 23.4.